The van der Waals surface area contributed by atoms with Crippen molar-refractivity contribution in [3.8, 4) is 0 Å². The van der Waals surface area contributed by atoms with E-state index in [1.54, 1.807) is 0 Å². The highest BCUT2D eigenvalue weighted by molar-refractivity contribution is 5.69. The molecule has 1 amide bonds. The molecule has 50 heavy (non-hydrogen) atoms. The Hall–Kier alpha value is -2.34. The van der Waals surface area contributed by atoms with Crippen LogP contribution in [0.3, 0.4) is 0 Å². The lowest BCUT2D eigenvalue weighted by Gasteiger charge is -2.21. The number of amides is 1. The average Bonchev–Trinajstić information content (AvgIpc) is 3.09. The quantitative estimate of drug-likeness (QED) is 0.0400. The van der Waals surface area contributed by atoms with Gasteiger partial charge in [-0.2, -0.15) is 0 Å². The summed E-state index contributed by atoms with van der Waals surface area (Å²) >= 11 is 0. The van der Waals surface area contributed by atoms with E-state index >= 15 is 0 Å². The summed E-state index contributed by atoms with van der Waals surface area (Å²) in [6.45, 7) is 5.70. The van der Waals surface area contributed by atoms with Gasteiger partial charge in [0.25, 0.3) is 0 Å². The van der Waals surface area contributed by atoms with Crippen LogP contribution in [-0.4, -0.2) is 56.9 Å². The lowest BCUT2D eigenvalue weighted by Crippen LogP contribution is -2.36. The molecule has 1 unspecified atom stereocenters. The summed E-state index contributed by atoms with van der Waals surface area (Å²) in [5.74, 6) is -0.204. The maximum Gasteiger partial charge on any atom is 0.407 e. The summed E-state index contributed by atoms with van der Waals surface area (Å²) in [7, 11) is 3.85. The molecule has 0 heterocycles. The molecule has 0 aliphatic rings. The van der Waals surface area contributed by atoms with E-state index < -0.39 is 12.2 Å². The van der Waals surface area contributed by atoms with Crippen LogP contribution in [0.1, 0.15) is 181 Å². The number of carbonyl (C=O) groups excluding carboxylic acids is 2. The molecule has 0 bridgehead atoms. The number of unbranched alkanes of at least 4 members (excludes halogenated alkanes) is 19. The van der Waals surface area contributed by atoms with Crippen molar-refractivity contribution in [2.24, 2.45) is 0 Å². The van der Waals surface area contributed by atoms with Gasteiger partial charge in [-0.3, -0.25) is 4.79 Å². The lowest BCUT2D eigenvalue weighted by atomic mass is 10.1. The Bertz CT molecular complexity index is 864. The van der Waals surface area contributed by atoms with Crippen molar-refractivity contribution in [1.82, 2.24) is 10.2 Å². The zero-order valence-corrected chi connectivity index (χ0v) is 33.3. The van der Waals surface area contributed by atoms with Gasteiger partial charge < -0.3 is 19.7 Å². The van der Waals surface area contributed by atoms with Gasteiger partial charge in [0.05, 0.1) is 0 Å². The van der Waals surface area contributed by atoms with Crippen LogP contribution in [0, 0.1) is 0 Å². The number of hydrogen-bond donors (Lipinski definition) is 1. The van der Waals surface area contributed by atoms with E-state index in [-0.39, 0.29) is 12.6 Å². The summed E-state index contributed by atoms with van der Waals surface area (Å²) in [6.07, 6.45) is 47.7. The Labute approximate surface area is 310 Å². The highest BCUT2D eigenvalue weighted by Crippen LogP contribution is 2.12. The minimum absolute atomic E-state index is 0.0738. The number of allylic oxidation sites excluding steroid dienone is 8. The Kier molecular flexibility index (Phi) is 37.6. The van der Waals surface area contributed by atoms with E-state index in [1.165, 1.54) is 109 Å². The van der Waals surface area contributed by atoms with Gasteiger partial charge in [0.2, 0.25) is 0 Å². The van der Waals surface area contributed by atoms with Crippen molar-refractivity contribution >= 4 is 12.1 Å². The van der Waals surface area contributed by atoms with Gasteiger partial charge in [-0.1, -0.05) is 146 Å². The number of alkyl carbamates (subject to hydrolysis) is 1. The summed E-state index contributed by atoms with van der Waals surface area (Å²) in [5.41, 5.74) is 0. The number of ether oxygens (including phenoxy) is 2. The van der Waals surface area contributed by atoms with Crippen LogP contribution in [0.15, 0.2) is 48.6 Å². The van der Waals surface area contributed by atoms with E-state index in [4.69, 9.17) is 9.47 Å². The molecule has 0 aliphatic carbocycles. The summed E-state index contributed by atoms with van der Waals surface area (Å²) < 4.78 is 11.1. The first-order valence-electron chi connectivity index (χ1n) is 20.8. The van der Waals surface area contributed by atoms with Gasteiger partial charge in [0, 0.05) is 19.5 Å². The Balaban J connectivity index is 3.78. The largest absolute Gasteiger partial charge is 0.457 e. The highest BCUT2D eigenvalue weighted by atomic mass is 16.6. The van der Waals surface area contributed by atoms with Crippen LogP contribution < -0.4 is 5.32 Å². The summed E-state index contributed by atoms with van der Waals surface area (Å²) in [4.78, 5) is 26.6. The Morgan fingerprint density at radius 1 is 0.560 bits per heavy atom. The van der Waals surface area contributed by atoms with Crippen molar-refractivity contribution < 1.29 is 19.1 Å². The number of nitrogens with one attached hydrogen (secondary N) is 1. The molecule has 1 atom stereocenters. The predicted molar refractivity (Wildman–Crippen MR) is 216 cm³/mol. The highest BCUT2D eigenvalue weighted by Gasteiger charge is 2.18. The van der Waals surface area contributed by atoms with Crippen LogP contribution in [0.25, 0.3) is 0 Å². The molecule has 0 aliphatic heterocycles. The van der Waals surface area contributed by atoms with Gasteiger partial charge in [-0.25, -0.2) is 4.79 Å². The second-order valence-corrected chi connectivity index (χ2v) is 14.2. The van der Waals surface area contributed by atoms with Crippen molar-refractivity contribution in [1.29, 1.82) is 0 Å². The van der Waals surface area contributed by atoms with Gasteiger partial charge in [0.15, 0.2) is 0 Å². The molecule has 6 heteroatoms. The third-order valence-corrected chi connectivity index (χ3v) is 8.75. The molecule has 290 valence electrons. The van der Waals surface area contributed by atoms with Gasteiger partial charge >= 0.3 is 12.1 Å². The van der Waals surface area contributed by atoms with Crippen molar-refractivity contribution in [3.63, 3.8) is 0 Å². The molecule has 1 N–H and O–H groups in total. The number of hydrogen-bond acceptors (Lipinski definition) is 5. The fraction of sp³-hybridized carbons (Fsp3) is 0.773. The molecule has 0 aromatic carbocycles. The minimum Gasteiger partial charge on any atom is -0.457 e. The van der Waals surface area contributed by atoms with Crippen molar-refractivity contribution in [2.45, 2.75) is 187 Å². The van der Waals surface area contributed by atoms with Crippen molar-refractivity contribution in [2.75, 3.05) is 33.8 Å². The molecule has 0 saturated carbocycles. The number of nitrogens with zero attached hydrogens (tertiary/aromatic N) is 1. The van der Waals surface area contributed by atoms with E-state index in [2.05, 4.69) is 67.8 Å². The normalized spacial score (nSPS) is 12.7. The summed E-state index contributed by atoms with van der Waals surface area (Å²) in [6, 6.07) is 0. The summed E-state index contributed by atoms with van der Waals surface area (Å²) in [5, 5.41) is 2.85. The maximum absolute atomic E-state index is 12.5. The second kappa shape index (κ2) is 39.4. The SMILES string of the molecule is CCCCC/C=C\C/C=C\CCCCCCCCCC(=O)OC(COC(=O)NCCCCCCCC/C=C\C/C=C\CCCCC)CN(C)C. The lowest BCUT2D eigenvalue weighted by molar-refractivity contribution is -0.152. The monoisotopic (exact) mass is 701 g/mol. The first-order valence-corrected chi connectivity index (χ1v) is 20.8. The molecule has 0 aromatic heterocycles. The van der Waals surface area contributed by atoms with Crippen LogP contribution in [0.5, 0.6) is 0 Å². The fourth-order valence-electron chi connectivity index (χ4n) is 5.73. The Morgan fingerprint density at radius 2 is 0.980 bits per heavy atom. The first kappa shape index (κ1) is 47.7. The van der Waals surface area contributed by atoms with E-state index in [0.29, 0.717) is 19.5 Å². The molecule has 0 rings (SSSR count). The van der Waals surface area contributed by atoms with Crippen LogP contribution in [0.4, 0.5) is 4.79 Å². The maximum atomic E-state index is 12.5. The van der Waals surface area contributed by atoms with Gasteiger partial charge in [-0.05, 0) is 91.1 Å². The molecule has 0 spiro atoms. The van der Waals surface area contributed by atoms with E-state index in [1.807, 2.05) is 19.0 Å². The van der Waals surface area contributed by atoms with Crippen LogP contribution >= 0.6 is 0 Å². The predicted octanol–water partition coefficient (Wildman–Crippen LogP) is 12.6. The second-order valence-electron chi connectivity index (χ2n) is 14.2. The molecular formula is C44H80N2O4. The first-order chi connectivity index (χ1) is 24.5. The zero-order chi connectivity index (χ0) is 36.6. The smallest absolute Gasteiger partial charge is 0.407 e. The molecule has 0 aromatic rings. The number of likely N-dealkylation sites (N-methyl/N-ethyl adjacent to an activating group) is 1. The number of esters is 1. The molecule has 0 fully saturated rings. The fourth-order valence-corrected chi connectivity index (χ4v) is 5.73. The number of carbonyl (C=O) groups is 2. The third kappa shape index (κ3) is 38.5. The third-order valence-electron chi connectivity index (χ3n) is 8.75. The van der Waals surface area contributed by atoms with Crippen LogP contribution in [0.2, 0.25) is 0 Å². The molecule has 0 radical (unpaired) electrons. The van der Waals surface area contributed by atoms with Gasteiger partial charge in [0.1, 0.15) is 12.7 Å². The van der Waals surface area contributed by atoms with Crippen molar-refractivity contribution in [3.05, 3.63) is 48.6 Å². The standard InChI is InChI=1S/C44H80N2O4/c1-5-7-9-11-13-15-17-19-21-23-24-26-28-30-32-34-36-38-43(47)50-42(40-46(3)4)41-49-44(48)45-39-37-35-33-31-29-27-25-22-20-18-16-14-12-10-8-6-2/h13-16,19-22,42H,5-12,17-18,23-41H2,1-4H3,(H,45,48)/b15-13-,16-14-,21-19-,22-20-. The minimum atomic E-state index is -0.457. The number of rotatable bonds is 36. The molecule has 0 saturated heterocycles. The zero-order valence-electron chi connectivity index (χ0n) is 33.3. The Morgan fingerprint density at radius 3 is 1.44 bits per heavy atom. The van der Waals surface area contributed by atoms with Crippen LogP contribution in [-0.2, 0) is 14.3 Å². The van der Waals surface area contributed by atoms with Gasteiger partial charge in [-0.15, -0.1) is 0 Å². The topological polar surface area (TPSA) is 67.9 Å². The molecule has 6 nitrogen and oxygen atoms in total. The average molecular weight is 701 g/mol. The molecular weight excluding hydrogens is 620 g/mol. The van der Waals surface area contributed by atoms with E-state index in [0.717, 1.165) is 51.4 Å². The van der Waals surface area contributed by atoms with E-state index in [9.17, 15) is 9.59 Å².